The quantitative estimate of drug-likeness (QED) is 0.787. The van der Waals surface area contributed by atoms with Crippen molar-refractivity contribution in [3.63, 3.8) is 0 Å². The molecule has 84 valence electrons. The van der Waals surface area contributed by atoms with Gasteiger partial charge in [-0.3, -0.25) is 4.57 Å². The highest BCUT2D eigenvalue weighted by Crippen LogP contribution is 2.58. The van der Waals surface area contributed by atoms with Crippen molar-refractivity contribution in [2.45, 2.75) is 5.78 Å². The van der Waals surface area contributed by atoms with E-state index in [2.05, 4.69) is 5.32 Å². The summed E-state index contributed by atoms with van der Waals surface area (Å²) >= 11 is 0. The molecule has 0 aliphatic carbocycles. The number of rotatable bonds is 5. The molecule has 1 aromatic carbocycles. The first-order chi connectivity index (χ1) is 7.18. The second kappa shape index (κ2) is 5.42. The molecule has 0 aromatic heterocycles. The molecule has 0 aliphatic heterocycles. The summed E-state index contributed by atoms with van der Waals surface area (Å²) in [5.41, 5.74) is 0.882. The SMILES string of the molecule is CN[C@H](c1ccccc1)P(=O)(OC)OC. The lowest BCUT2D eigenvalue weighted by Gasteiger charge is -2.23. The Hall–Kier alpha value is -0.670. The molecule has 0 amide bonds. The van der Waals surface area contributed by atoms with Crippen LogP contribution in [0.2, 0.25) is 0 Å². The minimum absolute atomic E-state index is 0.436. The van der Waals surface area contributed by atoms with Crippen LogP contribution in [0.4, 0.5) is 0 Å². The second-order valence-corrected chi connectivity index (χ2v) is 5.33. The average molecular weight is 229 g/mol. The molecule has 15 heavy (non-hydrogen) atoms. The Morgan fingerprint density at radius 1 is 1.20 bits per heavy atom. The minimum Gasteiger partial charge on any atom is -0.311 e. The van der Waals surface area contributed by atoms with Crippen LogP contribution >= 0.6 is 7.60 Å². The molecule has 4 nitrogen and oxygen atoms in total. The molecule has 0 saturated carbocycles. The van der Waals surface area contributed by atoms with Gasteiger partial charge in [-0.05, 0) is 12.6 Å². The molecular weight excluding hydrogens is 213 g/mol. The Morgan fingerprint density at radius 2 is 1.73 bits per heavy atom. The van der Waals surface area contributed by atoms with Crippen LogP contribution in [0, 0.1) is 0 Å². The average Bonchev–Trinajstić information content (AvgIpc) is 2.31. The molecule has 0 radical (unpaired) electrons. The topological polar surface area (TPSA) is 47.6 Å². The van der Waals surface area contributed by atoms with Crippen molar-refractivity contribution in [2.75, 3.05) is 21.3 Å². The standard InChI is InChI=1S/C10H16NO3P/c1-11-10(15(12,13-2)14-3)9-7-5-4-6-8-9/h4-8,10-11H,1-3H3/t10-/m0/s1. The summed E-state index contributed by atoms with van der Waals surface area (Å²) in [6.07, 6.45) is 0. The number of nitrogens with one attached hydrogen (secondary N) is 1. The molecule has 0 bridgehead atoms. The number of hydrogen-bond donors (Lipinski definition) is 1. The molecule has 0 spiro atoms. The van der Waals surface area contributed by atoms with E-state index in [-0.39, 0.29) is 0 Å². The summed E-state index contributed by atoms with van der Waals surface area (Å²) < 4.78 is 22.1. The predicted molar refractivity (Wildman–Crippen MR) is 59.9 cm³/mol. The van der Waals surface area contributed by atoms with Crippen LogP contribution in [0.5, 0.6) is 0 Å². The molecule has 1 N–H and O–H groups in total. The van der Waals surface area contributed by atoms with Crippen LogP contribution < -0.4 is 5.32 Å². The van der Waals surface area contributed by atoms with Gasteiger partial charge >= 0.3 is 7.60 Å². The van der Waals surface area contributed by atoms with Crippen LogP contribution in [0.25, 0.3) is 0 Å². The van der Waals surface area contributed by atoms with Gasteiger partial charge in [-0.25, -0.2) is 0 Å². The van der Waals surface area contributed by atoms with E-state index >= 15 is 0 Å². The summed E-state index contributed by atoms with van der Waals surface area (Å²) in [4.78, 5) is 0. The Morgan fingerprint density at radius 3 is 2.13 bits per heavy atom. The zero-order valence-electron chi connectivity index (χ0n) is 9.14. The smallest absolute Gasteiger partial charge is 0.311 e. The molecule has 1 rings (SSSR count). The van der Waals surface area contributed by atoms with Crippen LogP contribution in [-0.4, -0.2) is 21.3 Å². The van der Waals surface area contributed by atoms with Crippen LogP contribution in [0.3, 0.4) is 0 Å². The Balaban J connectivity index is 3.04. The number of benzene rings is 1. The van der Waals surface area contributed by atoms with Crippen molar-refractivity contribution in [2.24, 2.45) is 0 Å². The van der Waals surface area contributed by atoms with Gasteiger partial charge in [0.1, 0.15) is 5.78 Å². The highest BCUT2D eigenvalue weighted by molar-refractivity contribution is 7.54. The molecule has 0 fully saturated rings. The molecule has 0 aliphatic rings. The van der Waals surface area contributed by atoms with Gasteiger partial charge in [0.25, 0.3) is 0 Å². The molecule has 0 unspecified atom stereocenters. The van der Waals surface area contributed by atoms with Crippen LogP contribution in [0.15, 0.2) is 30.3 Å². The van der Waals surface area contributed by atoms with Crippen molar-refractivity contribution in [1.29, 1.82) is 0 Å². The lowest BCUT2D eigenvalue weighted by atomic mass is 10.2. The molecule has 0 saturated heterocycles. The molecule has 1 atom stereocenters. The minimum atomic E-state index is -3.12. The maximum Gasteiger partial charge on any atom is 0.351 e. The van der Waals surface area contributed by atoms with Gasteiger partial charge < -0.3 is 14.4 Å². The van der Waals surface area contributed by atoms with Crippen LogP contribution in [0.1, 0.15) is 11.3 Å². The van der Waals surface area contributed by atoms with Crippen molar-refractivity contribution in [3.05, 3.63) is 35.9 Å². The molecular formula is C10H16NO3P. The van der Waals surface area contributed by atoms with E-state index < -0.39 is 13.4 Å². The van der Waals surface area contributed by atoms with E-state index in [1.165, 1.54) is 14.2 Å². The third-order valence-corrected chi connectivity index (χ3v) is 4.42. The first-order valence-electron chi connectivity index (χ1n) is 4.61. The third-order valence-electron chi connectivity index (χ3n) is 2.21. The van der Waals surface area contributed by atoms with Crippen LogP contribution in [-0.2, 0) is 13.6 Å². The normalized spacial score (nSPS) is 13.8. The Labute approximate surface area is 90.1 Å². The van der Waals surface area contributed by atoms with E-state index in [0.29, 0.717) is 0 Å². The van der Waals surface area contributed by atoms with Gasteiger partial charge in [-0.15, -0.1) is 0 Å². The summed E-state index contributed by atoms with van der Waals surface area (Å²) in [6, 6.07) is 9.43. The summed E-state index contributed by atoms with van der Waals surface area (Å²) in [6.45, 7) is 0. The van der Waals surface area contributed by atoms with E-state index in [1.54, 1.807) is 7.05 Å². The van der Waals surface area contributed by atoms with Crippen molar-refractivity contribution < 1.29 is 13.6 Å². The third kappa shape index (κ3) is 2.67. The van der Waals surface area contributed by atoms with Crippen molar-refractivity contribution in [1.82, 2.24) is 5.32 Å². The monoisotopic (exact) mass is 229 g/mol. The van der Waals surface area contributed by atoms with Crippen molar-refractivity contribution >= 4 is 7.60 Å². The largest absolute Gasteiger partial charge is 0.351 e. The van der Waals surface area contributed by atoms with Gasteiger partial charge in [0.05, 0.1) is 0 Å². The maximum atomic E-state index is 12.2. The first-order valence-corrected chi connectivity index (χ1v) is 6.22. The summed E-state index contributed by atoms with van der Waals surface area (Å²) in [5, 5.41) is 2.95. The fourth-order valence-corrected chi connectivity index (χ4v) is 2.85. The predicted octanol–water partition coefficient (Wildman–Crippen LogP) is 2.39. The molecule has 0 heterocycles. The summed E-state index contributed by atoms with van der Waals surface area (Å²) in [7, 11) is 1.37. The van der Waals surface area contributed by atoms with Crippen molar-refractivity contribution in [3.8, 4) is 0 Å². The highest BCUT2D eigenvalue weighted by Gasteiger charge is 2.33. The first kappa shape index (κ1) is 12.4. The highest BCUT2D eigenvalue weighted by atomic mass is 31.2. The van der Waals surface area contributed by atoms with Gasteiger partial charge in [0.15, 0.2) is 0 Å². The van der Waals surface area contributed by atoms with Gasteiger partial charge in [0, 0.05) is 14.2 Å². The summed E-state index contributed by atoms with van der Waals surface area (Å²) in [5.74, 6) is -0.436. The van der Waals surface area contributed by atoms with Gasteiger partial charge in [-0.1, -0.05) is 30.3 Å². The van der Waals surface area contributed by atoms with E-state index in [1.807, 2.05) is 30.3 Å². The van der Waals surface area contributed by atoms with E-state index in [9.17, 15) is 4.57 Å². The van der Waals surface area contributed by atoms with Gasteiger partial charge in [-0.2, -0.15) is 0 Å². The lowest BCUT2D eigenvalue weighted by Crippen LogP contribution is -2.18. The zero-order chi connectivity index (χ0) is 11.3. The Bertz CT molecular complexity index is 334. The molecule has 1 aromatic rings. The lowest BCUT2D eigenvalue weighted by molar-refractivity contribution is 0.261. The fraction of sp³-hybridized carbons (Fsp3) is 0.400. The second-order valence-electron chi connectivity index (χ2n) is 3.01. The zero-order valence-corrected chi connectivity index (χ0v) is 10.0. The van der Waals surface area contributed by atoms with Gasteiger partial charge in [0.2, 0.25) is 0 Å². The maximum absolute atomic E-state index is 12.2. The number of hydrogen-bond acceptors (Lipinski definition) is 4. The van der Waals surface area contributed by atoms with E-state index in [0.717, 1.165) is 5.56 Å². The molecule has 5 heteroatoms. The Kier molecular flexibility index (Phi) is 4.48. The van der Waals surface area contributed by atoms with E-state index in [4.69, 9.17) is 9.05 Å². The fourth-order valence-electron chi connectivity index (χ4n) is 1.43.